The molecule has 3 rings (SSSR count). The Bertz CT molecular complexity index is 1070. The Labute approximate surface area is 170 Å². The molecule has 0 saturated heterocycles. The van der Waals surface area contributed by atoms with E-state index in [1.54, 1.807) is 11.9 Å². The standard InChI is InChI=1S/C19H14F7N3O2/c1-29(10-11-2-4-13(20)5-3-11)15-9-12(8-14-16(15)28-31-27-14)6-7-17(30,18(21,22)23)19(24,25)26/h2-9,30H,10H2,1H3/b7-6+. The van der Waals surface area contributed by atoms with Crippen molar-refractivity contribution >= 4 is 22.8 Å². The number of hydrogen-bond acceptors (Lipinski definition) is 5. The summed E-state index contributed by atoms with van der Waals surface area (Å²) < 4.78 is 95.1. The molecule has 1 N–H and O–H groups in total. The molecule has 0 unspecified atom stereocenters. The van der Waals surface area contributed by atoms with Gasteiger partial charge in [-0.05, 0) is 51.8 Å². The van der Waals surface area contributed by atoms with Crippen molar-refractivity contribution in [3.63, 3.8) is 0 Å². The molecule has 31 heavy (non-hydrogen) atoms. The number of aliphatic hydroxyl groups is 1. The van der Waals surface area contributed by atoms with E-state index in [4.69, 9.17) is 0 Å². The van der Waals surface area contributed by atoms with Crippen LogP contribution in [0.2, 0.25) is 0 Å². The minimum Gasteiger partial charge on any atom is -0.370 e. The van der Waals surface area contributed by atoms with Crippen molar-refractivity contribution in [2.24, 2.45) is 0 Å². The molecule has 2 aromatic carbocycles. The third-order valence-corrected chi connectivity index (χ3v) is 4.49. The van der Waals surface area contributed by atoms with Crippen LogP contribution in [-0.4, -0.2) is 40.4 Å². The number of alkyl halides is 6. The molecule has 1 heterocycles. The fraction of sp³-hybridized carbons (Fsp3) is 0.263. The molecule has 0 aliphatic heterocycles. The van der Waals surface area contributed by atoms with Gasteiger partial charge in [-0.1, -0.05) is 18.2 Å². The predicted molar refractivity (Wildman–Crippen MR) is 96.4 cm³/mol. The fourth-order valence-corrected chi connectivity index (χ4v) is 2.80. The van der Waals surface area contributed by atoms with Gasteiger partial charge in [-0.25, -0.2) is 9.02 Å². The van der Waals surface area contributed by atoms with Gasteiger partial charge in [0.15, 0.2) is 5.52 Å². The third kappa shape index (κ3) is 4.48. The summed E-state index contributed by atoms with van der Waals surface area (Å²) in [6.07, 6.45) is -11.8. The van der Waals surface area contributed by atoms with E-state index in [1.165, 1.54) is 30.3 Å². The second-order valence-electron chi connectivity index (χ2n) is 6.75. The first-order valence-corrected chi connectivity index (χ1v) is 8.59. The zero-order valence-electron chi connectivity index (χ0n) is 15.7. The van der Waals surface area contributed by atoms with Crippen LogP contribution in [0.4, 0.5) is 36.4 Å². The number of benzene rings is 2. The summed E-state index contributed by atoms with van der Waals surface area (Å²) in [5.41, 5.74) is -3.90. The van der Waals surface area contributed by atoms with Crippen LogP contribution < -0.4 is 4.90 Å². The normalized spacial score (nSPS) is 13.3. The van der Waals surface area contributed by atoms with Crippen molar-refractivity contribution in [2.75, 3.05) is 11.9 Å². The molecule has 0 aliphatic rings. The maximum Gasteiger partial charge on any atom is 0.430 e. The number of fused-ring (bicyclic) bond motifs is 1. The van der Waals surface area contributed by atoms with E-state index in [-0.39, 0.29) is 34.9 Å². The second-order valence-corrected chi connectivity index (χ2v) is 6.75. The molecular weight excluding hydrogens is 435 g/mol. The highest BCUT2D eigenvalue weighted by Gasteiger charge is 2.68. The summed E-state index contributed by atoms with van der Waals surface area (Å²) in [5.74, 6) is -0.441. The quantitative estimate of drug-likeness (QED) is 0.564. The zero-order chi connectivity index (χ0) is 23.0. The predicted octanol–water partition coefficient (Wildman–Crippen LogP) is 4.87. The highest BCUT2D eigenvalue weighted by atomic mass is 19.4. The number of aromatic nitrogens is 2. The van der Waals surface area contributed by atoms with E-state index < -0.39 is 23.8 Å². The molecule has 0 amide bonds. The summed E-state index contributed by atoms with van der Waals surface area (Å²) in [7, 11) is 1.59. The topological polar surface area (TPSA) is 62.4 Å². The molecule has 12 heteroatoms. The monoisotopic (exact) mass is 449 g/mol. The summed E-state index contributed by atoms with van der Waals surface area (Å²) in [6.45, 7) is 0.213. The van der Waals surface area contributed by atoms with Gasteiger partial charge in [-0.2, -0.15) is 26.3 Å². The molecule has 0 aliphatic carbocycles. The number of hydrogen-bond donors (Lipinski definition) is 1. The lowest BCUT2D eigenvalue weighted by Gasteiger charge is -2.29. The van der Waals surface area contributed by atoms with Crippen LogP contribution in [0.1, 0.15) is 11.1 Å². The first kappa shape index (κ1) is 22.5. The molecule has 0 radical (unpaired) electrons. The lowest BCUT2D eigenvalue weighted by atomic mass is 10.0. The minimum atomic E-state index is -5.98. The molecule has 166 valence electrons. The first-order valence-electron chi connectivity index (χ1n) is 8.59. The maximum atomic E-state index is 13.1. The van der Waals surface area contributed by atoms with Crippen molar-refractivity contribution in [3.8, 4) is 0 Å². The van der Waals surface area contributed by atoms with Crippen LogP contribution >= 0.6 is 0 Å². The SMILES string of the molecule is CN(Cc1ccc(F)cc1)c1cc(/C=C/C(O)(C(F)(F)F)C(F)(F)F)cc2nonc12. The summed E-state index contributed by atoms with van der Waals surface area (Å²) >= 11 is 0. The molecule has 0 atom stereocenters. The van der Waals surface area contributed by atoms with Crippen molar-refractivity contribution < 1.29 is 40.5 Å². The third-order valence-electron chi connectivity index (χ3n) is 4.49. The van der Waals surface area contributed by atoms with Crippen LogP contribution in [0.15, 0.2) is 47.1 Å². The van der Waals surface area contributed by atoms with Gasteiger partial charge in [0.1, 0.15) is 11.3 Å². The van der Waals surface area contributed by atoms with Crippen molar-refractivity contribution in [1.29, 1.82) is 0 Å². The number of nitrogens with zero attached hydrogens (tertiary/aromatic N) is 3. The van der Waals surface area contributed by atoms with Crippen LogP contribution in [0.5, 0.6) is 0 Å². The summed E-state index contributed by atoms with van der Waals surface area (Å²) in [4.78, 5) is 1.58. The Kier molecular flexibility index (Phi) is 5.70. The zero-order valence-corrected chi connectivity index (χ0v) is 15.7. The van der Waals surface area contributed by atoms with E-state index in [0.717, 1.165) is 6.07 Å². The Balaban J connectivity index is 1.99. The van der Waals surface area contributed by atoms with Crippen LogP contribution in [-0.2, 0) is 6.54 Å². The first-order chi connectivity index (χ1) is 14.3. The summed E-state index contributed by atoms with van der Waals surface area (Å²) in [5, 5.41) is 16.6. The molecule has 3 aromatic rings. The Morgan fingerprint density at radius 3 is 2.19 bits per heavy atom. The van der Waals surface area contributed by atoms with Crippen LogP contribution in [0.25, 0.3) is 17.1 Å². The van der Waals surface area contributed by atoms with Gasteiger partial charge in [0.25, 0.3) is 5.60 Å². The number of rotatable bonds is 5. The van der Waals surface area contributed by atoms with Gasteiger partial charge in [-0.15, -0.1) is 0 Å². The van der Waals surface area contributed by atoms with Gasteiger partial charge >= 0.3 is 12.4 Å². The second kappa shape index (κ2) is 7.84. The van der Waals surface area contributed by atoms with Crippen molar-refractivity contribution in [1.82, 2.24) is 10.3 Å². The van der Waals surface area contributed by atoms with Crippen LogP contribution in [0, 0.1) is 5.82 Å². The average Bonchev–Trinajstić information content (AvgIpc) is 3.14. The molecule has 0 fully saturated rings. The Morgan fingerprint density at radius 1 is 1.00 bits per heavy atom. The summed E-state index contributed by atoms with van der Waals surface area (Å²) in [6, 6.07) is 7.93. The minimum absolute atomic E-state index is 0.0747. The molecular formula is C19H14F7N3O2. The Hall–Kier alpha value is -3.15. The average molecular weight is 449 g/mol. The highest BCUT2D eigenvalue weighted by Crippen LogP contribution is 2.44. The number of anilines is 1. The highest BCUT2D eigenvalue weighted by molar-refractivity contribution is 5.90. The lowest BCUT2D eigenvalue weighted by Crippen LogP contribution is -2.55. The fourth-order valence-electron chi connectivity index (χ4n) is 2.80. The molecule has 1 aromatic heterocycles. The molecule has 0 spiro atoms. The van der Waals surface area contributed by atoms with Gasteiger partial charge in [0.05, 0.1) is 5.69 Å². The maximum absolute atomic E-state index is 13.1. The van der Waals surface area contributed by atoms with Gasteiger partial charge in [0, 0.05) is 13.6 Å². The van der Waals surface area contributed by atoms with Crippen molar-refractivity contribution in [3.05, 3.63) is 59.4 Å². The van der Waals surface area contributed by atoms with Crippen LogP contribution in [0.3, 0.4) is 0 Å². The largest absolute Gasteiger partial charge is 0.430 e. The van der Waals surface area contributed by atoms with E-state index in [2.05, 4.69) is 14.9 Å². The Morgan fingerprint density at radius 2 is 1.61 bits per heavy atom. The van der Waals surface area contributed by atoms with Gasteiger partial charge in [-0.3, -0.25) is 0 Å². The van der Waals surface area contributed by atoms with Gasteiger partial charge < -0.3 is 10.0 Å². The van der Waals surface area contributed by atoms with E-state index in [1.807, 2.05) is 0 Å². The molecule has 0 saturated carbocycles. The van der Waals surface area contributed by atoms with Gasteiger partial charge in [0.2, 0.25) is 0 Å². The van der Waals surface area contributed by atoms with Crippen molar-refractivity contribution in [2.45, 2.75) is 24.5 Å². The number of halogens is 7. The molecule has 0 bridgehead atoms. The molecule has 5 nitrogen and oxygen atoms in total. The smallest absolute Gasteiger partial charge is 0.370 e. The van der Waals surface area contributed by atoms with E-state index in [9.17, 15) is 35.8 Å². The van der Waals surface area contributed by atoms with E-state index in [0.29, 0.717) is 11.6 Å². The lowest BCUT2D eigenvalue weighted by molar-refractivity contribution is -0.347. The van der Waals surface area contributed by atoms with E-state index >= 15 is 0 Å².